The van der Waals surface area contributed by atoms with Crippen LogP contribution >= 0.6 is 22.9 Å². The van der Waals surface area contributed by atoms with Crippen molar-refractivity contribution in [3.05, 3.63) is 32.4 Å². The van der Waals surface area contributed by atoms with Crippen molar-refractivity contribution in [2.24, 2.45) is 0 Å². The van der Waals surface area contributed by atoms with Crippen LogP contribution in [-0.2, 0) is 16.1 Å². The van der Waals surface area contributed by atoms with E-state index in [9.17, 15) is 9.59 Å². The van der Waals surface area contributed by atoms with E-state index < -0.39 is 5.97 Å². The summed E-state index contributed by atoms with van der Waals surface area (Å²) < 4.78 is 6.81. The average Bonchev–Trinajstić information content (AvgIpc) is 2.96. The predicted octanol–water partition coefficient (Wildman–Crippen LogP) is 4.04. The summed E-state index contributed by atoms with van der Waals surface area (Å²) in [6, 6.07) is 0. The minimum absolute atomic E-state index is 0.185. The summed E-state index contributed by atoms with van der Waals surface area (Å²) in [5, 5.41) is 8.29. The van der Waals surface area contributed by atoms with Crippen molar-refractivity contribution in [1.29, 1.82) is 0 Å². The van der Waals surface area contributed by atoms with Crippen LogP contribution in [0.4, 0.5) is 5.00 Å². The number of anilines is 1. The van der Waals surface area contributed by atoms with Gasteiger partial charge in [0.25, 0.3) is 0 Å². The first-order valence-electron chi connectivity index (χ1n) is 8.02. The molecule has 6 nitrogen and oxygen atoms in total. The third kappa shape index (κ3) is 4.22. The fraction of sp³-hybridized carbons (Fsp3) is 0.471. The van der Waals surface area contributed by atoms with Gasteiger partial charge in [-0.05, 0) is 40.2 Å². The second-order valence-corrected chi connectivity index (χ2v) is 7.32. The van der Waals surface area contributed by atoms with Crippen molar-refractivity contribution in [3.63, 3.8) is 0 Å². The van der Waals surface area contributed by atoms with E-state index in [1.54, 1.807) is 11.6 Å². The third-order valence-electron chi connectivity index (χ3n) is 3.96. The fourth-order valence-electron chi connectivity index (χ4n) is 2.45. The number of aromatic nitrogens is 2. The molecule has 0 radical (unpaired) electrons. The van der Waals surface area contributed by atoms with Gasteiger partial charge in [0.05, 0.1) is 35.1 Å². The maximum absolute atomic E-state index is 12.3. The average molecular weight is 384 g/mol. The van der Waals surface area contributed by atoms with Crippen molar-refractivity contribution >= 4 is 39.8 Å². The largest absolute Gasteiger partial charge is 0.462 e. The predicted molar refractivity (Wildman–Crippen MR) is 99.7 cm³/mol. The molecule has 0 fully saturated rings. The quantitative estimate of drug-likeness (QED) is 0.764. The van der Waals surface area contributed by atoms with Crippen LogP contribution < -0.4 is 5.32 Å². The van der Waals surface area contributed by atoms with Gasteiger partial charge in [-0.25, -0.2) is 4.79 Å². The first kappa shape index (κ1) is 19.5. The van der Waals surface area contributed by atoms with Crippen molar-refractivity contribution in [3.8, 4) is 0 Å². The van der Waals surface area contributed by atoms with Gasteiger partial charge >= 0.3 is 5.97 Å². The molecule has 0 aliphatic rings. The molecule has 2 aromatic heterocycles. The maximum atomic E-state index is 12.3. The topological polar surface area (TPSA) is 73.2 Å². The first-order chi connectivity index (χ1) is 11.8. The van der Waals surface area contributed by atoms with Gasteiger partial charge in [-0.2, -0.15) is 5.10 Å². The molecule has 0 bridgehead atoms. The van der Waals surface area contributed by atoms with E-state index >= 15 is 0 Å². The Morgan fingerprint density at radius 2 is 1.96 bits per heavy atom. The number of hydrogen-bond acceptors (Lipinski definition) is 5. The van der Waals surface area contributed by atoms with Crippen LogP contribution in [0.1, 0.15) is 45.5 Å². The van der Waals surface area contributed by atoms with Gasteiger partial charge in [-0.15, -0.1) is 11.3 Å². The van der Waals surface area contributed by atoms with Gasteiger partial charge in [-0.1, -0.05) is 11.6 Å². The number of halogens is 1. The summed E-state index contributed by atoms with van der Waals surface area (Å²) in [7, 11) is 0. The molecular weight excluding hydrogens is 362 g/mol. The molecule has 25 heavy (non-hydrogen) atoms. The van der Waals surface area contributed by atoms with Crippen molar-refractivity contribution in [1.82, 2.24) is 9.78 Å². The summed E-state index contributed by atoms with van der Waals surface area (Å²) in [6.45, 7) is 9.93. The number of nitrogens with one attached hydrogen (secondary N) is 1. The van der Waals surface area contributed by atoms with Crippen LogP contribution in [-0.4, -0.2) is 28.3 Å². The van der Waals surface area contributed by atoms with E-state index in [2.05, 4.69) is 10.4 Å². The lowest BCUT2D eigenvalue weighted by Gasteiger charge is -2.08. The summed E-state index contributed by atoms with van der Waals surface area (Å²) in [6.07, 6.45) is 0.233. The summed E-state index contributed by atoms with van der Waals surface area (Å²) in [5.74, 6) is -0.597. The van der Waals surface area contributed by atoms with Crippen LogP contribution in [0.25, 0.3) is 0 Å². The molecule has 0 aliphatic carbocycles. The molecule has 2 rings (SSSR count). The Labute approximate surface area is 156 Å². The van der Waals surface area contributed by atoms with Gasteiger partial charge in [-0.3, -0.25) is 9.48 Å². The van der Waals surface area contributed by atoms with Crippen molar-refractivity contribution in [2.45, 2.75) is 47.6 Å². The standard InChI is InChI=1S/C17H22ClN3O3S/c1-6-24-17(23)14-9(2)12(5)25-16(14)19-13(22)7-8-21-11(4)15(18)10(3)20-21/h6-8H2,1-5H3,(H,19,22). The highest BCUT2D eigenvalue weighted by Gasteiger charge is 2.22. The smallest absolute Gasteiger partial charge is 0.341 e. The maximum Gasteiger partial charge on any atom is 0.341 e. The van der Waals surface area contributed by atoms with Crippen LogP contribution in [0.2, 0.25) is 5.02 Å². The van der Waals surface area contributed by atoms with Crippen LogP contribution in [0.15, 0.2) is 0 Å². The number of esters is 1. The SMILES string of the molecule is CCOC(=O)c1c(NC(=O)CCn2nc(C)c(Cl)c2C)sc(C)c1C. The number of carbonyl (C=O) groups is 2. The van der Waals surface area contributed by atoms with Gasteiger partial charge in [0, 0.05) is 11.3 Å². The second-order valence-electron chi connectivity index (χ2n) is 5.71. The number of ether oxygens (including phenoxy) is 1. The lowest BCUT2D eigenvalue weighted by Crippen LogP contribution is -2.17. The highest BCUT2D eigenvalue weighted by Crippen LogP contribution is 2.33. The summed E-state index contributed by atoms with van der Waals surface area (Å²) in [5.41, 5.74) is 2.85. The van der Waals surface area contributed by atoms with E-state index in [1.807, 2.05) is 27.7 Å². The molecule has 0 aliphatic heterocycles. The minimum atomic E-state index is -0.412. The zero-order valence-corrected chi connectivity index (χ0v) is 16.6. The lowest BCUT2D eigenvalue weighted by atomic mass is 10.1. The highest BCUT2D eigenvalue weighted by atomic mass is 35.5. The van der Waals surface area contributed by atoms with Gasteiger partial charge < -0.3 is 10.1 Å². The molecular formula is C17H22ClN3O3S. The monoisotopic (exact) mass is 383 g/mol. The number of amides is 1. The third-order valence-corrected chi connectivity index (χ3v) is 5.63. The van der Waals surface area contributed by atoms with E-state index in [0.717, 1.165) is 21.8 Å². The van der Waals surface area contributed by atoms with Crippen molar-refractivity contribution in [2.75, 3.05) is 11.9 Å². The highest BCUT2D eigenvalue weighted by molar-refractivity contribution is 7.16. The molecule has 8 heteroatoms. The van der Waals surface area contributed by atoms with Crippen LogP contribution in [0.5, 0.6) is 0 Å². The Morgan fingerprint density at radius 3 is 2.52 bits per heavy atom. The molecule has 1 amide bonds. The van der Waals surface area contributed by atoms with Crippen LogP contribution in [0.3, 0.4) is 0 Å². The molecule has 136 valence electrons. The Kier molecular flexibility index (Phi) is 6.24. The molecule has 0 saturated carbocycles. The number of carbonyl (C=O) groups excluding carboxylic acids is 2. The molecule has 0 spiro atoms. The molecule has 0 aromatic carbocycles. The zero-order chi connectivity index (χ0) is 18.7. The van der Waals surface area contributed by atoms with E-state index in [4.69, 9.17) is 16.3 Å². The molecule has 2 heterocycles. The normalized spacial score (nSPS) is 10.8. The Morgan fingerprint density at radius 1 is 1.28 bits per heavy atom. The summed E-state index contributed by atoms with van der Waals surface area (Å²) >= 11 is 7.49. The number of nitrogens with zero attached hydrogens (tertiary/aromatic N) is 2. The molecule has 2 aromatic rings. The Bertz CT molecular complexity index is 811. The van der Waals surface area contributed by atoms with Gasteiger partial charge in [0.1, 0.15) is 5.00 Å². The van der Waals surface area contributed by atoms with E-state index in [1.165, 1.54) is 11.3 Å². The Hall–Kier alpha value is -1.86. The number of aryl methyl sites for hydroxylation is 3. The van der Waals surface area contributed by atoms with E-state index in [-0.39, 0.29) is 12.3 Å². The van der Waals surface area contributed by atoms with Crippen molar-refractivity contribution < 1.29 is 14.3 Å². The van der Waals surface area contributed by atoms with Crippen LogP contribution in [0, 0.1) is 27.7 Å². The molecule has 0 unspecified atom stereocenters. The molecule has 0 atom stereocenters. The fourth-order valence-corrected chi connectivity index (χ4v) is 3.65. The first-order valence-corrected chi connectivity index (χ1v) is 9.22. The zero-order valence-electron chi connectivity index (χ0n) is 15.0. The number of hydrogen-bond donors (Lipinski definition) is 1. The minimum Gasteiger partial charge on any atom is -0.462 e. The number of thiophene rings is 1. The second kappa shape index (κ2) is 8.01. The van der Waals surface area contributed by atoms with E-state index in [0.29, 0.717) is 28.7 Å². The summed E-state index contributed by atoms with van der Waals surface area (Å²) in [4.78, 5) is 25.4. The van der Waals surface area contributed by atoms with Gasteiger partial charge in [0.2, 0.25) is 5.91 Å². The molecule has 1 N–H and O–H groups in total. The Balaban J connectivity index is 2.09. The lowest BCUT2D eigenvalue weighted by molar-refractivity contribution is -0.116. The van der Waals surface area contributed by atoms with Gasteiger partial charge in [0.15, 0.2) is 0 Å². The molecule has 0 saturated heterocycles. The number of rotatable bonds is 6.